The molecule has 2 nitrogen and oxygen atoms in total. The van der Waals surface area contributed by atoms with Crippen LogP contribution in [0.4, 0.5) is 8.78 Å². The number of halogens is 4. The summed E-state index contributed by atoms with van der Waals surface area (Å²) in [7, 11) is 0. The summed E-state index contributed by atoms with van der Waals surface area (Å²) in [4.78, 5) is 7.14. The van der Waals surface area contributed by atoms with E-state index in [0.717, 1.165) is 18.3 Å². The van der Waals surface area contributed by atoms with Gasteiger partial charge in [-0.25, -0.2) is 18.7 Å². The van der Waals surface area contributed by atoms with E-state index in [1.165, 1.54) is 6.07 Å². The topological polar surface area (TPSA) is 25.8 Å². The van der Waals surface area contributed by atoms with Crippen LogP contribution in [0.25, 0.3) is 11.3 Å². The second-order valence-corrected chi connectivity index (χ2v) is 3.77. The molecule has 0 aliphatic carbocycles. The molecule has 2 rings (SSSR count). The summed E-state index contributed by atoms with van der Waals surface area (Å²) in [6.07, 6.45) is 0.920. The smallest absolute Gasteiger partial charge is 0.223 e. The van der Waals surface area contributed by atoms with Crippen LogP contribution >= 0.6 is 23.2 Å². The molecule has 0 spiro atoms. The van der Waals surface area contributed by atoms with Crippen molar-refractivity contribution in [3.05, 3.63) is 46.3 Å². The number of benzene rings is 1. The average molecular weight is 261 g/mol. The molecule has 0 N–H and O–H groups in total. The molecule has 0 atom stereocenters. The molecule has 1 aromatic heterocycles. The van der Waals surface area contributed by atoms with Gasteiger partial charge in [0.25, 0.3) is 0 Å². The third-order valence-corrected chi connectivity index (χ3v) is 2.25. The van der Waals surface area contributed by atoms with Gasteiger partial charge in [-0.3, -0.25) is 0 Å². The Kier molecular flexibility index (Phi) is 3.03. The van der Waals surface area contributed by atoms with Crippen molar-refractivity contribution >= 4 is 23.2 Å². The first-order chi connectivity index (χ1) is 7.56. The zero-order chi connectivity index (χ0) is 11.7. The molecular formula is C10H4Cl2F2N2. The summed E-state index contributed by atoms with van der Waals surface area (Å²) in [5.41, 5.74) is 0.133. The zero-order valence-electron chi connectivity index (χ0n) is 7.72. The minimum absolute atomic E-state index is 0.0820. The van der Waals surface area contributed by atoms with Crippen molar-refractivity contribution in [3.63, 3.8) is 0 Å². The number of hydrogen-bond acceptors (Lipinski definition) is 2. The van der Waals surface area contributed by atoms with Crippen molar-refractivity contribution in [2.45, 2.75) is 0 Å². The summed E-state index contributed by atoms with van der Waals surface area (Å²) >= 11 is 11.2. The summed E-state index contributed by atoms with van der Waals surface area (Å²) < 4.78 is 26.4. The Balaban J connectivity index is 2.62. The molecule has 1 heterocycles. The first-order valence-corrected chi connectivity index (χ1v) is 4.96. The molecule has 0 aliphatic rings. The van der Waals surface area contributed by atoms with Crippen molar-refractivity contribution in [3.8, 4) is 11.3 Å². The standard InChI is InChI=1S/C10H4Cl2F2N2/c11-6-1-5(2-7(13)3-6)9-8(14)4-15-10(12)16-9/h1-4H. The van der Waals surface area contributed by atoms with Crippen LogP contribution in [0.3, 0.4) is 0 Å². The minimum atomic E-state index is -0.689. The highest BCUT2D eigenvalue weighted by molar-refractivity contribution is 6.31. The fourth-order valence-corrected chi connectivity index (χ4v) is 1.59. The van der Waals surface area contributed by atoms with Crippen molar-refractivity contribution in [1.29, 1.82) is 0 Å². The number of hydrogen-bond donors (Lipinski definition) is 0. The average Bonchev–Trinajstić information content (AvgIpc) is 2.20. The lowest BCUT2D eigenvalue weighted by Crippen LogP contribution is -1.93. The quantitative estimate of drug-likeness (QED) is 0.731. The van der Waals surface area contributed by atoms with Crippen LogP contribution in [0.5, 0.6) is 0 Å². The predicted molar refractivity (Wildman–Crippen MR) is 57.4 cm³/mol. The van der Waals surface area contributed by atoms with Crippen LogP contribution in [-0.2, 0) is 0 Å². The van der Waals surface area contributed by atoms with Crippen LogP contribution in [0.2, 0.25) is 10.3 Å². The van der Waals surface area contributed by atoms with Gasteiger partial charge in [-0.1, -0.05) is 11.6 Å². The SMILES string of the molecule is Fc1cc(Cl)cc(-c2nc(Cl)ncc2F)c1. The maximum absolute atomic E-state index is 13.4. The van der Waals surface area contributed by atoms with E-state index >= 15 is 0 Å². The first-order valence-electron chi connectivity index (χ1n) is 4.21. The van der Waals surface area contributed by atoms with Gasteiger partial charge < -0.3 is 0 Å². The fourth-order valence-electron chi connectivity index (χ4n) is 1.24. The Morgan fingerprint density at radius 2 is 1.81 bits per heavy atom. The van der Waals surface area contributed by atoms with Gasteiger partial charge >= 0.3 is 0 Å². The lowest BCUT2D eigenvalue weighted by molar-refractivity contribution is 0.615. The van der Waals surface area contributed by atoms with Gasteiger partial charge in [-0.2, -0.15) is 0 Å². The highest BCUT2D eigenvalue weighted by Gasteiger charge is 2.10. The second-order valence-electron chi connectivity index (χ2n) is 2.99. The minimum Gasteiger partial charge on any atom is -0.223 e. The van der Waals surface area contributed by atoms with Crippen LogP contribution in [0, 0.1) is 11.6 Å². The van der Waals surface area contributed by atoms with Crippen molar-refractivity contribution < 1.29 is 8.78 Å². The molecule has 0 aliphatic heterocycles. The Hall–Kier alpha value is -1.26. The molecule has 0 amide bonds. The molecule has 6 heteroatoms. The Labute approximate surface area is 99.9 Å². The van der Waals surface area contributed by atoms with Crippen LogP contribution in [-0.4, -0.2) is 9.97 Å². The van der Waals surface area contributed by atoms with E-state index in [9.17, 15) is 8.78 Å². The van der Waals surface area contributed by atoms with Gasteiger partial charge in [-0.05, 0) is 29.8 Å². The molecular weight excluding hydrogens is 257 g/mol. The molecule has 0 saturated heterocycles. The molecule has 16 heavy (non-hydrogen) atoms. The molecule has 0 unspecified atom stereocenters. The third-order valence-electron chi connectivity index (χ3n) is 1.85. The van der Waals surface area contributed by atoms with Crippen molar-refractivity contribution in [1.82, 2.24) is 9.97 Å². The lowest BCUT2D eigenvalue weighted by Gasteiger charge is -2.03. The highest BCUT2D eigenvalue weighted by atomic mass is 35.5. The number of aromatic nitrogens is 2. The van der Waals surface area contributed by atoms with Crippen molar-refractivity contribution in [2.24, 2.45) is 0 Å². The zero-order valence-corrected chi connectivity index (χ0v) is 9.23. The monoisotopic (exact) mass is 260 g/mol. The maximum Gasteiger partial charge on any atom is 0.223 e. The number of nitrogens with zero attached hydrogens (tertiary/aromatic N) is 2. The summed E-state index contributed by atoms with van der Waals surface area (Å²) in [5.74, 6) is -1.26. The molecule has 0 radical (unpaired) electrons. The Morgan fingerprint density at radius 1 is 1.06 bits per heavy atom. The van der Waals surface area contributed by atoms with E-state index in [0.29, 0.717) is 0 Å². The largest absolute Gasteiger partial charge is 0.223 e. The lowest BCUT2D eigenvalue weighted by atomic mass is 10.1. The second kappa shape index (κ2) is 4.31. The van der Waals surface area contributed by atoms with Crippen LogP contribution in [0.15, 0.2) is 24.4 Å². The Morgan fingerprint density at radius 3 is 2.50 bits per heavy atom. The van der Waals surface area contributed by atoms with E-state index in [-0.39, 0.29) is 21.6 Å². The summed E-state index contributed by atoms with van der Waals surface area (Å²) in [6, 6.07) is 3.63. The van der Waals surface area contributed by atoms with Crippen molar-refractivity contribution in [2.75, 3.05) is 0 Å². The van der Waals surface area contributed by atoms with Gasteiger partial charge in [0.2, 0.25) is 5.28 Å². The van der Waals surface area contributed by atoms with E-state index in [1.807, 2.05) is 0 Å². The normalized spacial score (nSPS) is 10.5. The molecule has 1 aromatic carbocycles. The van der Waals surface area contributed by atoms with E-state index < -0.39 is 11.6 Å². The first kappa shape index (κ1) is 11.2. The Bertz CT molecular complexity index is 526. The van der Waals surface area contributed by atoms with Gasteiger partial charge in [0.15, 0.2) is 5.82 Å². The fraction of sp³-hybridized carbons (Fsp3) is 0. The molecule has 0 saturated carbocycles. The van der Waals surface area contributed by atoms with Gasteiger partial charge in [-0.15, -0.1) is 0 Å². The summed E-state index contributed by atoms with van der Waals surface area (Å²) in [5, 5.41) is 0.0425. The van der Waals surface area contributed by atoms with E-state index in [4.69, 9.17) is 23.2 Å². The van der Waals surface area contributed by atoms with Gasteiger partial charge in [0.05, 0.1) is 6.20 Å². The molecule has 0 bridgehead atoms. The van der Waals surface area contributed by atoms with Crippen LogP contribution in [0.1, 0.15) is 0 Å². The summed E-state index contributed by atoms with van der Waals surface area (Å²) in [6.45, 7) is 0. The van der Waals surface area contributed by atoms with E-state index in [1.54, 1.807) is 0 Å². The van der Waals surface area contributed by atoms with E-state index in [2.05, 4.69) is 9.97 Å². The molecule has 82 valence electrons. The van der Waals surface area contributed by atoms with Gasteiger partial charge in [0.1, 0.15) is 11.5 Å². The molecule has 0 fully saturated rings. The predicted octanol–water partition coefficient (Wildman–Crippen LogP) is 3.73. The van der Waals surface area contributed by atoms with Gasteiger partial charge in [0, 0.05) is 10.6 Å². The number of rotatable bonds is 1. The maximum atomic E-state index is 13.4. The highest BCUT2D eigenvalue weighted by Crippen LogP contribution is 2.25. The molecule has 2 aromatic rings. The third kappa shape index (κ3) is 2.28. The van der Waals surface area contributed by atoms with Crippen LogP contribution < -0.4 is 0 Å².